The smallest absolute Gasteiger partial charge is 0.337 e. The van der Waals surface area contributed by atoms with Crippen molar-refractivity contribution in [3.63, 3.8) is 0 Å². The molecule has 0 spiro atoms. The molecule has 0 aliphatic carbocycles. The van der Waals surface area contributed by atoms with E-state index in [1.807, 2.05) is 0 Å². The molecular weight excluding hydrogens is 512 g/mol. The van der Waals surface area contributed by atoms with E-state index in [9.17, 15) is 19.2 Å². The fourth-order valence-corrected chi connectivity index (χ4v) is 4.22. The average Bonchev–Trinajstić information content (AvgIpc) is 2.91. The Morgan fingerprint density at radius 2 is 1.68 bits per heavy atom. The number of barbiturate groups is 1. The average molecular weight is 543 g/mol. The van der Waals surface area contributed by atoms with E-state index in [0.717, 1.165) is 24.2 Å². The Morgan fingerprint density at radius 3 is 2.34 bits per heavy atom. The summed E-state index contributed by atoms with van der Waals surface area (Å²) in [6.07, 6.45) is 8.04. The van der Waals surface area contributed by atoms with E-state index in [1.54, 1.807) is 12.1 Å². The summed E-state index contributed by atoms with van der Waals surface area (Å²) >= 11 is 6.46. The van der Waals surface area contributed by atoms with E-state index < -0.39 is 23.8 Å². The van der Waals surface area contributed by atoms with Crippen LogP contribution in [0.15, 0.2) is 42.0 Å². The van der Waals surface area contributed by atoms with Crippen LogP contribution in [0.3, 0.4) is 0 Å². The molecule has 202 valence electrons. The van der Waals surface area contributed by atoms with Crippen molar-refractivity contribution in [3.8, 4) is 11.5 Å². The first-order valence-electron chi connectivity index (χ1n) is 12.4. The number of carbonyl (C=O) groups excluding carboxylic acids is 4. The predicted octanol–water partition coefficient (Wildman–Crippen LogP) is 5.54. The summed E-state index contributed by atoms with van der Waals surface area (Å²) in [5, 5.41) is 2.42. The number of anilines is 1. The zero-order valence-electron chi connectivity index (χ0n) is 21.7. The van der Waals surface area contributed by atoms with Crippen molar-refractivity contribution >= 4 is 47.2 Å². The summed E-state index contributed by atoms with van der Waals surface area (Å²) in [6, 6.07) is 7.89. The van der Waals surface area contributed by atoms with E-state index >= 15 is 0 Å². The van der Waals surface area contributed by atoms with Crippen LogP contribution in [0.1, 0.15) is 61.4 Å². The van der Waals surface area contributed by atoms with Gasteiger partial charge < -0.3 is 14.2 Å². The Kier molecular flexibility index (Phi) is 10.3. The molecule has 10 heteroatoms. The maximum atomic E-state index is 13.2. The Balaban J connectivity index is 1.80. The molecule has 1 heterocycles. The van der Waals surface area contributed by atoms with E-state index in [-0.39, 0.29) is 21.8 Å². The number of hydrogen-bond acceptors (Lipinski definition) is 7. The van der Waals surface area contributed by atoms with Gasteiger partial charge in [-0.15, -0.1) is 0 Å². The topological polar surface area (TPSA) is 111 Å². The molecule has 0 atom stereocenters. The SMILES string of the molecule is CCCCCCCCOc1c(Cl)cc(/C=C2/C(=O)NC(=O)N(c3ccc(C(=O)OC)cc3)C2=O)cc1OC. The molecule has 2 aromatic carbocycles. The minimum absolute atomic E-state index is 0.174. The van der Waals surface area contributed by atoms with Crippen LogP contribution >= 0.6 is 11.6 Å². The molecule has 9 nitrogen and oxygen atoms in total. The largest absolute Gasteiger partial charge is 0.493 e. The van der Waals surface area contributed by atoms with Crippen LogP contribution in [-0.2, 0) is 14.3 Å². The number of rotatable bonds is 12. The lowest BCUT2D eigenvalue weighted by Crippen LogP contribution is -2.54. The number of urea groups is 1. The third-order valence-corrected chi connectivity index (χ3v) is 6.24. The molecule has 0 radical (unpaired) electrons. The zero-order valence-corrected chi connectivity index (χ0v) is 22.4. The number of ether oxygens (including phenoxy) is 3. The zero-order chi connectivity index (χ0) is 27.7. The maximum absolute atomic E-state index is 13.2. The second kappa shape index (κ2) is 13.6. The number of amides is 4. The van der Waals surface area contributed by atoms with Gasteiger partial charge in [0.25, 0.3) is 11.8 Å². The Hall–Kier alpha value is -3.85. The van der Waals surface area contributed by atoms with Gasteiger partial charge in [-0.25, -0.2) is 14.5 Å². The molecule has 0 aromatic heterocycles. The number of hydrogen-bond donors (Lipinski definition) is 1. The lowest BCUT2D eigenvalue weighted by atomic mass is 10.1. The third-order valence-electron chi connectivity index (χ3n) is 5.96. The summed E-state index contributed by atoms with van der Waals surface area (Å²) in [7, 11) is 2.72. The van der Waals surface area contributed by atoms with Gasteiger partial charge in [-0.1, -0.05) is 50.6 Å². The molecule has 1 fully saturated rings. The van der Waals surface area contributed by atoms with E-state index in [0.29, 0.717) is 23.7 Å². The minimum atomic E-state index is -0.906. The van der Waals surface area contributed by atoms with Crippen LogP contribution in [0.5, 0.6) is 11.5 Å². The summed E-state index contributed by atoms with van der Waals surface area (Å²) < 4.78 is 16.0. The molecule has 1 N–H and O–H groups in total. The van der Waals surface area contributed by atoms with Gasteiger partial charge in [0.05, 0.1) is 37.1 Å². The van der Waals surface area contributed by atoms with Crippen molar-refractivity contribution in [2.75, 3.05) is 25.7 Å². The quantitative estimate of drug-likeness (QED) is 0.162. The first kappa shape index (κ1) is 28.7. The molecular formula is C28H31ClN2O7. The van der Waals surface area contributed by atoms with Gasteiger partial charge in [0, 0.05) is 0 Å². The lowest BCUT2D eigenvalue weighted by molar-refractivity contribution is -0.122. The summed E-state index contributed by atoms with van der Waals surface area (Å²) in [6.45, 7) is 2.66. The number of halogens is 1. The molecule has 38 heavy (non-hydrogen) atoms. The lowest BCUT2D eigenvalue weighted by Gasteiger charge is -2.26. The molecule has 1 aliphatic rings. The monoisotopic (exact) mass is 542 g/mol. The number of methoxy groups -OCH3 is 2. The highest BCUT2D eigenvalue weighted by molar-refractivity contribution is 6.39. The van der Waals surface area contributed by atoms with Gasteiger partial charge in [0.15, 0.2) is 11.5 Å². The molecule has 1 aliphatic heterocycles. The number of imide groups is 2. The van der Waals surface area contributed by atoms with E-state index in [4.69, 9.17) is 21.1 Å². The highest BCUT2D eigenvalue weighted by atomic mass is 35.5. The van der Waals surface area contributed by atoms with Crippen LogP contribution in [0, 0.1) is 0 Å². The van der Waals surface area contributed by atoms with E-state index in [1.165, 1.54) is 63.8 Å². The molecule has 4 amide bonds. The Bertz CT molecular complexity index is 1220. The first-order valence-corrected chi connectivity index (χ1v) is 12.8. The van der Waals surface area contributed by atoms with Gasteiger partial charge in [0.2, 0.25) is 0 Å². The number of nitrogens with one attached hydrogen (secondary N) is 1. The number of unbranched alkanes of at least 4 members (excludes halogenated alkanes) is 5. The number of carbonyl (C=O) groups is 4. The molecule has 2 aromatic rings. The Morgan fingerprint density at radius 1 is 1.00 bits per heavy atom. The standard InChI is InChI=1S/C28H31ClN2O7/c1-4-5-6-7-8-9-14-38-24-22(29)16-18(17-23(24)36-2)15-21-25(32)30-28(35)31(26(21)33)20-12-10-19(11-13-20)27(34)37-3/h10-13,15-17H,4-9,14H2,1-3H3,(H,30,32,35)/b21-15-. The third kappa shape index (κ3) is 6.92. The van der Waals surface area contributed by atoms with Gasteiger partial charge in [-0.3, -0.25) is 14.9 Å². The highest BCUT2D eigenvalue weighted by Crippen LogP contribution is 2.37. The predicted molar refractivity (Wildman–Crippen MR) is 144 cm³/mol. The second-order valence-corrected chi connectivity index (χ2v) is 9.05. The highest BCUT2D eigenvalue weighted by Gasteiger charge is 2.37. The van der Waals surface area contributed by atoms with Crippen molar-refractivity contribution in [2.24, 2.45) is 0 Å². The molecule has 1 saturated heterocycles. The minimum Gasteiger partial charge on any atom is -0.493 e. The molecule has 0 saturated carbocycles. The van der Waals surface area contributed by atoms with Crippen LogP contribution in [0.2, 0.25) is 5.02 Å². The number of benzene rings is 2. The summed E-state index contributed by atoms with van der Waals surface area (Å²) in [5.41, 5.74) is 0.550. The van der Waals surface area contributed by atoms with E-state index in [2.05, 4.69) is 17.0 Å². The van der Waals surface area contributed by atoms with Crippen molar-refractivity contribution in [1.82, 2.24) is 5.32 Å². The van der Waals surface area contributed by atoms with Crippen LogP contribution in [-0.4, -0.2) is 44.6 Å². The maximum Gasteiger partial charge on any atom is 0.337 e. The number of nitrogens with zero attached hydrogens (tertiary/aromatic N) is 1. The second-order valence-electron chi connectivity index (χ2n) is 8.65. The molecule has 0 bridgehead atoms. The van der Waals surface area contributed by atoms with Crippen molar-refractivity contribution in [1.29, 1.82) is 0 Å². The van der Waals surface area contributed by atoms with Crippen LogP contribution < -0.4 is 19.7 Å². The Labute approximate surface area is 226 Å². The van der Waals surface area contributed by atoms with Gasteiger partial charge >= 0.3 is 12.0 Å². The van der Waals surface area contributed by atoms with Crippen LogP contribution in [0.4, 0.5) is 10.5 Å². The molecule has 3 rings (SSSR count). The van der Waals surface area contributed by atoms with Gasteiger partial charge in [-0.2, -0.15) is 0 Å². The summed E-state index contributed by atoms with van der Waals surface area (Å²) in [4.78, 5) is 50.7. The van der Waals surface area contributed by atoms with Gasteiger partial charge in [-0.05, 0) is 54.5 Å². The fraction of sp³-hybridized carbons (Fsp3) is 0.357. The first-order chi connectivity index (χ1) is 18.3. The summed E-state index contributed by atoms with van der Waals surface area (Å²) in [5.74, 6) is -1.51. The van der Waals surface area contributed by atoms with Crippen molar-refractivity contribution in [3.05, 3.63) is 58.1 Å². The van der Waals surface area contributed by atoms with Gasteiger partial charge in [0.1, 0.15) is 5.57 Å². The normalized spacial score (nSPS) is 14.5. The number of esters is 1. The van der Waals surface area contributed by atoms with Crippen molar-refractivity contribution in [2.45, 2.75) is 45.4 Å². The molecule has 0 unspecified atom stereocenters. The van der Waals surface area contributed by atoms with Crippen molar-refractivity contribution < 1.29 is 33.4 Å². The van der Waals surface area contributed by atoms with Crippen LogP contribution in [0.25, 0.3) is 6.08 Å². The fourth-order valence-electron chi connectivity index (χ4n) is 3.94.